The molecule has 1 aromatic heterocycles. The van der Waals surface area contributed by atoms with Crippen LogP contribution >= 0.6 is 11.6 Å². The lowest BCUT2D eigenvalue weighted by Crippen LogP contribution is -2.44. The Bertz CT molecular complexity index is 631. The fourth-order valence-corrected chi connectivity index (χ4v) is 3.01. The van der Waals surface area contributed by atoms with Crippen LogP contribution in [0.1, 0.15) is 5.56 Å². The Labute approximate surface area is 136 Å². The number of piperazine rings is 1. The van der Waals surface area contributed by atoms with Gasteiger partial charge >= 0.3 is 0 Å². The fraction of sp³-hybridized carbons (Fsp3) is 0.438. The molecule has 2 heterocycles. The highest BCUT2D eigenvalue weighted by molar-refractivity contribution is 6.31. The molecule has 1 saturated heterocycles. The van der Waals surface area contributed by atoms with Crippen LogP contribution in [0, 0.1) is 0 Å². The number of hydrogen-bond donors (Lipinski definition) is 1. The van der Waals surface area contributed by atoms with Crippen molar-refractivity contribution >= 4 is 23.0 Å². The molecule has 2 aromatic rings. The molecule has 1 fully saturated rings. The van der Waals surface area contributed by atoms with Crippen LogP contribution in [0.4, 0.5) is 11.4 Å². The molecule has 0 radical (unpaired) electrons. The molecule has 5 nitrogen and oxygen atoms in total. The minimum absolute atomic E-state index is 0.701. The summed E-state index contributed by atoms with van der Waals surface area (Å²) >= 11 is 6.45. The molecule has 0 bridgehead atoms. The van der Waals surface area contributed by atoms with E-state index in [1.165, 1.54) is 5.69 Å². The lowest BCUT2D eigenvalue weighted by molar-refractivity contribution is 0.312. The van der Waals surface area contributed by atoms with E-state index in [0.717, 1.165) is 42.5 Å². The van der Waals surface area contributed by atoms with Gasteiger partial charge in [0.25, 0.3) is 0 Å². The monoisotopic (exact) mass is 319 g/mol. The topological polar surface area (TPSA) is 36.3 Å². The zero-order valence-corrected chi connectivity index (χ0v) is 13.8. The van der Waals surface area contributed by atoms with Gasteiger partial charge in [-0.25, -0.2) is 0 Å². The van der Waals surface area contributed by atoms with Crippen LogP contribution in [0.3, 0.4) is 0 Å². The Morgan fingerprint density at radius 3 is 2.64 bits per heavy atom. The molecule has 0 atom stereocenters. The van der Waals surface area contributed by atoms with Crippen LogP contribution in [-0.2, 0) is 13.6 Å². The number of halogens is 1. The minimum atomic E-state index is 0.701. The predicted molar refractivity (Wildman–Crippen MR) is 91.7 cm³/mol. The molecule has 1 N–H and O–H groups in total. The van der Waals surface area contributed by atoms with E-state index in [0.29, 0.717) is 6.54 Å². The molecule has 0 amide bonds. The SMILES string of the molecule is CN1CCN(c2cccc(Cl)c2CNc2cnn(C)c2)CC1. The van der Waals surface area contributed by atoms with Gasteiger partial charge in [0, 0.05) is 62.2 Å². The number of nitrogens with one attached hydrogen (secondary N) is 1. The van der Waals surface area contributed by atoms with Crippen LogP contribution in [0.2, 0.25) is 5.02 Å². The second kappa shape index (κ2) is 6.58. The second-order valence-corrected chi connectivity index (χ2v) is 6.19. The number of aryl methyl sites for hydroxylation is 1. The van der Waals surface area contributed by atoms with Gasteiger partial charge < -0.3 is 15.1 Å². The molecule has 0 unspecified atom stereocenters. The first-order valence-corrected chi connectivity index (χ1v) is 7.94. The average molecular weight is 320 g/mol. The van der Waals surface area contributed by atoms with Gasteiger partial charge in [-0.3, -0.25) is 4.68 Å². The molecule has 1 aromatic carbocycles. The van der Waals surface area contributed by atoms with E-state index in [4.69, 9.17) is 11.6 Å². The predicted octanol–water partition coefficient (Wildman–Crippen LogP) is 2.44. The smallest absolute Gasteiger partial charge is 0.0729 e. The molecule has 0 aliphatic carbocycles. The zero-order valence-electron chi connectivity index (χ0n) is 13.1. The molecule has 22 heavy (non-hydrogen) atoms. The second-order valence-electron chi connectivity index (χ2n) is 5.78. The first-order valence-electron chi connectivity index (χ1n) is 7.57. The van der Waals surface area contributed by atoms with Crippen LogP contribution in [-0.4, -0.2) is 47.9 Å². The Morgan fingerprint density at radius 2 is 1.95 bits per heavy atom. The number of likely N-dealkylation sites (N-methyl/N-ethyl adjacent to an activating group) is 1. The molecular weight excluding hydrogens is 298 g/mol. The number of benzene rings is 1. The number of anilines is 2. The number of aromatic nitrogens is 2. The zero-order chi connectivity index (χ0) is 15.5. The van der Waals surface area contributed by atoms with E-state index < -0.39 is 0 Å². The maximum atomic E-state index is 6.45. The first-order chi connectivity index (χ1) is 10.6. The number of nitrogens with zero attached hydrogens (tertiary/aromatic N) is 4. The van der Waals surface area contributed by atoms with Crippen LogP contribution in [0.25, 0.3) is 0 Å². The first kappa shape index (κ1) is 15.2. The minimum Gasteiger partial charge on any atom is -0.378 e. The molecule has 3 rings (SSSR count). The van der Waals surface area contributed by atoms with Gasteiger partial charge in [0.2, 0.25) is 0 Å². The van der Waals surface area contributed by atoms with Crippen molar-refractivity contribution < 1.29 is 0 Å². The van der Waals surface area contributed by atoms with Crippen molar-refractivity contribution in [3.63, 3.8) is 0 Å². The molecule has 1 aliphatic heterocycles. The van der Waals surface area contributed by atoms with Gasteiger partial charge in [-0.1, -0.05) is 17.7 Å². The summed E-state index contributed by atoms with van der Waals surface area (Å²) in [7, 11) is 4.08. The molecule has 0 spiro atoms. The third-order valence-electron chi connectivity index (χ3n) is 4.11. The average Bonchev–Trinajstić information content (AvgIpc) is 2.92. The van der Waals surface area contributed by atoms with Gasteiger partial charge in [-0.05, 0) is 19.2 Å². The molecule has 1 aliphatic rings. The fourth-order valence-electron chi connectivity index (χ4n) is 2.77. The molecule has 0 saturated carbocycles. The van der Waals surface area contributed by atoms with Crippen molar-refractivity contribution in [2.24, 2.45) is 7.05 Å². The summed E-state index contributed by atoms with van der Waals surface area (Å²) in [4.78, 5) is 4.78. The summed E-state index contributed by atoms with van der Waals surface area (Å²) in [6, 6.07) is 6.16. The number of rotatable bonds is 4. The van der Waals surface area contributed by atoms with E-state index in [-0.39, 0.29) is 0 Å². The quantitative estimate of drug-likeness (QED) is 0.939. The summed E-state index contributed by atoms with van der Waals surface area (Å²) in [5.41, 5.74) is 3.39. The Kier molecular flexibility index (Phi) is 4.55. The van der Waals surface area contributed by atoms with E-state index in [9.17, 15) is 0 Å². The highest BCUT2D eigenvalue weighted by Gasteiger charge is 2.18. The maximum absolute atomic E-state index is 6.45. The van der Waals surface area contributed by atoms with Gasteiger partial charge in [0.1, 0.15) is 0 Å². The van der Waals surface area contributed by atoms with Crippen molar-refractivity contribution in [2.75, 3.05) is 43.4 Å². The molecule has 6 heteroatoms. The summed E-state index contributed by atoms with van der Waals surface area (Å²) in [6.07, 6.45) is 3.79. The van der Waals surface area contributed by atoms with Crippen LogP contribution < -0.4 is 10.2 Å². The lowest BCUT2D eigenvalue weighted by atomic mass is 10.1. The van der Waals surface area contributed by atoms with E-state index in [1.807, 2.05) is 31.6 Å². The summed E-state index contributed by atoms with van der Waals surface area (Å²) in [5, 5.41) is 8.40. The highest BCUT2D eigenvalue weighted by atomic mass is 35.5. The van der Waals surface area contributed by atoms with E-state index in [2.05, 4.69) is 33.3 Å². The van der Waals surface area contributed by atoms with Gasteiger partial charge in [-0.15, -0.1) is 0 Å². The lowest BCUT2D eigenvalue weighted by Gasteiger charge is -2.35. The largest absolute Gasteiger partial charge is 0.378 e. The van der Waals surface area contributed by atoms with Gasteiger partial charge in [-0.2, -0.15) is 5.10 Å². The molecule has 118 valence electrons. The number of hydrogen-bond acceptors (Lipinski definition) is 4. The summed E-state index contributed by atoms with van der Waals surface area (Å²) < 4.78 is 1.79. The summed E-state index contributed by atoms with van der Waals surface area (Å²) in [5.74, 6) is 0. The van der Waals surface area contributed by atoms with Crippen molar-refractivity contribution in [3.8, 4) is 0 Å². The van der Waals surface area contributed by atoms with Crippen LogP contribution in [0.5, 0.6) is 0 Å². The van der Waals surface area contributed by atoms with Crippen molar-refractivity contribution in [1.82, 2.24) is 14.7 Å². The van der Waals surface area contributed by atoms with Crippen molar-refractivity contribution in [1.29, 1.82) is 0 Å². The normalized spacial score (nSPS) is 16.0. The Hall–Kier alpha value is -1.72. The van der Waals surface area contributed by atoms with Gasteiger partial charge in [0.05, 0.1) is 11.9 Å². The van der Waals surface area contributed by atoms with Crippen molar-refractivity contribution in [2.45, 2.75) is 6.54 Å². The van der Waals surface area contributed by atoms with E-state index >= 15 is 0 Å². The Morgan fingerprint density at radius 1 is 1.18 bits per heavy atom. The van der Waals surface area contributed by atoms with Gasteiger partial charge in [0.15, 0.2) is 0 Å². The highest BCUT2D eigenvalue weighted by Crippen LogP contribution is 2.29. The standard InChI is InChI=1S/C16H22ClN5/c1-20-6-8-22(9-7-20)16-5-3-4-15(17)14(16)11-18-13-10-19-21(2)12-13/h3-5,10,12,18H,6-9,11H2,1-2H3. The van der Waals surface area contributed by atoms with Crippen LogP contribution in [0.15, 0.2) is 30.6 Å². The van der Waals surface area contributed by atoms with E-state index in [1.54, 1.807) is 4.68 Å². The third-order valence-corrected chi connectivity index (χ3v) is 4.47. The summed E-state index contributed by atoms with van der Waals surface area (Å²) in [6.45, 7) is 4.95. The maximum Gasteiger partial charge on any atom is 0.0729 e. The van der Waals surface area contributed by atoms with Crippen molar-refractivity contribution in [3.05, 3.63) is 41.2 Å². The third kappa shape index (κ3) is 3.36. The Balaban J connectivity index is 1.77. The molecular formula is C16H22ClN5.